The Morgan fingerprint density at radius 3 is 2.45 bits per heavy atom. The summed E-state index contributed by atoms with van der Waals surface area (Å²) in [6, 6.07) is 7.50. The molecule has 1 amide bonds. The highest BCUT2D eigenvalue weighted by Gasteiger charge is 2.19. The summed E-state index contributed by atoms with van der Waals surface area (Å²) in [5.41, 5.74) is 2.55. The number of ether oxygens (including phenoxy) is 1. The van der Waals surface area contributed by atoms with Crippen LogP contribution in [0.15, 0.2) is 28.8 Å². The van der Waals surface area contributed by atoms with Gasteiger partial charge in [0.15, 0.2) is 6.61 Å². The molecule has 1 N–H and O–H groups in total. The first-order chi connectivity index (χ1) is 10.5. The molecule has 116 valence electrons. The van der Waals surface area contributed by atoms with Gasteiger partial charge in [0.05, 0.1) is 5.69 Å². The number of hydrogen-bond acceptors (Lipinski definition) is 5. The summed E-state index contributed by atoms with van der Waals surface area (Å²) in [6.07, 6.45) is 0.934. The van der Waals surface area contributed by atoms with E-state index in [9.17, 15) is 9.59 Å². The van der Waals surface area contributed by atoms with Crippen LogP contribution < -0.4 is 5.32 Å². The van der Waals surface area contributed by atoms with Crippen molar-refractivity contribution in [3.8, 4) is 0 Å². The number of carbonyl (C=O) groups is 2. The van der Waals surface area contributed by atoms with E-state index in [0.29, 0.717) is 17.1 Å². The van der Waals surface area contributed by atoms with Crippen LogP contribution in [0.3, 0.4) is 0 Å². The second-order valence-corrected chi connectivity index (χ2v) is 4.87. The third-order valence-corrected chi connectivity index (χ3v) is 3.22. The molecule has 0 unspecified atom stereocenters. The zero-order valence-corrected chi connectivity index (χ0v) is 12.8. The molecule has 6 heteroatoms. The first kappa shape index (κ1) is 15.8. The molecule has 0 bridgehead atoms. The van der Waals surface area contributed by atoms with Crippen LogP contribution in [0.5, 0.6) is 0 Å². The van der Waals surface area contributed by atoms with Crippen LogP contribution >= 0.6 is 0 Å². The van der Waals surface area contributed by atoms with Gasteiger partial charge in [-0.15, -0.1) is 0 Å². The van der Waals surface area contributed by atoms with E-state index in [1.54, 1.807) is 13.8 Å². The number of aromatic nitrogens is 1. The minimum absolute atomic E-state index is 0.264. The van der Waals surface area contributed by atoms with Gasteiger partial charge >= 0.3 is 5.97 Å². The van der Waals surface area contributed by atoms with Crippen LogP contribution in [-0.4, -0.2) is 23.6 Å². The number of nitrogens with one attached hydrogen (secondary N) is 1. The first-order valence-electron chi connectivity index (χ1n) is 7.00. The predicted molar refractivity (Wildman–Crippen MR) is 80.7 cm³/mol. The number of nitrogens with zero attached hydrogens (tertiary/aromatic N) is 1. The van der Waals surface area contributed by atoms with Crippen LogP contribution in [0.4, 0.5) is 5.69 Å². The van der Waals surface area contributed by atoms with Gasteiger partial charge in [0.2, 0.25) is 0 Å². The molecule has 0 aliphatic heterocycles. The normalized spacial score (nSPS) is 10.3. The van der Waals surface area contributed by atoms with E-state index >= 15 is 0 Å². The zero-order valence-electron chi connectivity index (χ0n) is 12.8. The van der Waals surface area contributed by atoms with Gasteiger partial charge in [-0.2, -0.15) is 0 Å². The molecule has 1 aromatic heterocycles. The average Bonchev–Trinajstić information content (AvgIpc) is 2.85. The maximum Gasteiger partial charge on any atom is 0.344 e. The van der Waals surface area contributed by atoms with E-state index in [0.717, 1.165) is 6.42 Å². The summed E-state index contributed by atoms with van der Waals surface area (Å²) in [5.74, 6) is -0.643. The number of hydrogen-bond donors (Lipinski definition) is 1. The van der Waals surface area contributed by atoms with Crippen molar-refractivity contribution in [2.75, 3.05) is 11.9 Å². The van der Waals surface area contributed by atoms with Gasteiger partial charge in [0.25, 0.3) is 5.91 Å². The number of anilines is 1. The largest absolute Gasteiger partial charge is 0.452 e. The Balaban J connectivity index is 1.88. The lowest BCUT2D eigenvalue weighted by atomic mass is 10.1. The highest BCUT2D eigenvalue weighted by molar-refractivity contribution is 5.96. The fraction of sp³-hybridized carbons (Fsp3) is 0.312. The molecule has 0 saturated carbocycles. The Morgan fingerprint density at radius 1 is 1.23 bits per heavy atom. The molecule has 6 nitrogen and oxygen atoms in total. The van der Waals surface area contributed by atoms with Gasteiger partial charge < -0.3 is 14.6 Å². The highest BCUT2D eigenvalue weighted by Crippen LogP contribution is 2.14. The minimum Gasteiger partial charge on any atom is -0.452 e. The number of benzene rings is 1. The second kappa shape index (κ2) is 6.89. The van der Waals surface area contributed by atoms with E-state index in [-0.39, 0.29) is 12.2 Å². The molecule has 0 spiro atoms. The van der Waals surface area contributed by atoms with E-state index in [2.05, 4.69) is 17.4 Å². The quantitative estimate of drug-likeness (QED) is 0.859. The number of amides is 1. The summed E-state index contributed by atoms with van der Waals surface area (Å²) < 4.78 is 9.87. The van der Waals surface area contributed by atoms with Crippen LogP contribution in [0.2, 0.25) is 0 Å². The van der Waals surface area contributed by atoms with Gasteiger partial charge in [-0.25, -0.2) is 4.79 Å². The van der Waals surface area contributed by atoms with E-state index in [4.69, 9.17) is 9.26 Å². The van der Waals surface area contributed by atoms with Crippen molar-refractivity contribution in [2.24, 2.45) is 0 Å². The maximum absolute atomic E-state index is 11.9. The Labute approximate surface area is 128 Å². The van der Waals surface area contributed by atoms with Gasteiger partial charge in [-0.3, -0.25) is 4.79 Å². The highest BCUT2D eigenvalue weighted by atomic mass is 16.5. The van der Waals surface area contributed by atoms with Crippen molar-refractivity contribution in [3.63, 3.8) is 0 Å². The van der Waals surface area contributed by atoms with Crippen LogP contribution in [-0.2, 0) is 16.0 Å². The monoisotopic (exact) mass is 302 g/mol. The fourth-order valence-corrected chi connectivity index (χ4v) is 2.00. The number of esters is 1. The third kappa shape index (κ3) is 3.72. The van der Waals surface area contributed by atoms with Gasteiger partial charge in [-0.1, -0.05) is 24.2 Å². The lowest BCUT2D eigenvalue weighted by molar-refractivity contribution is -0.119. The number of carbonyl (C=O) groups excluding carboxylic acids is 2. The Hall–Kier alpha value is -2.63. The standard InChI is InChI=1S/C16H18N2O4/c1-4-12-5-7-13(8-6-12)17-14(19)9-21-16(20)15-10(2)18-22-11(15)3/h5-8H,4,9H2,1-3H3,(H,17,19). The summed E-state index contributed by atoms with van der Waals surface area (Å²) in [6.45, 7) is 4.95. The van der Waals surface area contributed by atoms with Gasteiger partial charge in [0.1, 0.15) is 11.3 Å². The van der Waals surface area contributed by atoms with Crippen molar-refractivity contribution >= 4 is 17.6 Å². The molecule has 0 radical (unpaired) electrons. The Morgan fingerprint density at radius 2 is 1.91 bits per heavy atom. The molecule has 0 fully saturated rings. The van der Waals surface area contributed by atoms with Crippen LogP contribution in [0.25, 0.3) is 0 Å². The van der Waals surface area contributed by atoms with Crippen LogP contribution in [0, 0.1) is 13.8 Å². The predicted octanol–water partition coefficient (Wildman–Crippen LogP) is 2.65. The Bertz CT molecular complexity index is 654. The second-order valence-electron chi connectivity index (χ2n) is 4.87. The molecule has 1 heterocycles. The molecule has 0 aliphatic rings. The minimum atomic E-state index is -0.618. The molecular weight excluding hydrogens is 284 g/mol. The van der Waals surface area contributed by atoms with Crippen LogP contribution in [0.1, 0.15) is 34.3 Å². The molecule has 0 aliphatic carbocycles. The van der Waals surface area contributed by atoms with Crippen molar-refractivity contribution < 1.29 is 18.8 Å². The van der Waals surface area contributed by atoms with Crippen molar-refractivity contribution in [3.05, 3.63) is 46.8 Å². The molecule has 22 heavy (non-hydrogen) atoms. The molecule has 2 aromatic rings. The van der Waals surface area contributed by atoms with E-state index < -0.39 is 11.9 Å². The first-order valence-corrected chi connectivity index (χ1v) is 7.00. The SMILES string of the molecule is CCc1ccc(NC(=O)COC(=O)c2c(C)noc2C)cc1. The lowest BCUT2D eigenvalue weighted by Crippen LogP contribution is -2.21. The Kier molecular flexibility index (Phi) is 4.93. The average molecular weight is 302 g/mol. The fourth-order valence-electron chi connectivity index (χ4n) is 2.00. The molecule has 1 aromatic carbocycles. The van der Waals surface area contributed by atoms with Gasteiger partial charge in [0, 0.05) is 5.69 Å². The molecular formula is C16H18N2O4. The molecule has 0 saturated heterocycles. The number of aryl methyl sites for hydroxylation is 3. The van der Waals surface area contributed by atoms with Crippen molar-refractivity contribution in [1.82, 2.24) is 5.16 Å². The lowest BCUT2D eigenvalue weighted by Gasteiger charge is -2.07. The summed E-state index contributed by atoms with van der Waals surface area (Å²) >= 11 is 0. The number of rotatable bonds is 5. The van der Waals surface area contributed by atoms with Gasteiger partial charge in [-0.05, 0) is 38.0 Å². The zero-order chi connectivity index (χ0) is 16.1. The molecule has 0 atom stereocenters. The third-order valence-electron chi connectivity index (χ3n) is 3.22. The summed E-state index contributed by atoms with van der Waals surface area (Å²) in [7, 11) is 0. The molecule has 2 rings (SSSR count). The summed E-state index contributed by atoms with van der Waals surface area (Å²) in [5, 5.41) is 6.34. The van der Waals surface area contributed by atoms with Crippen molar-refractivity contribution in [2.45, 2.75) is 27.2 Å². The maximum atomic E-state index is 11.9. The smallest absolute Gasteiger partial charge is 0.344 e. The summed E-state index contributed by atoms with van der Waals surface area (Å²) in [4.78, 5) is 23.7. The van der Waals surface area contributed by atoms with Crippen molar-refractivity contribution in [1.29, 1.82) is 0 Å². The topological polar surface area (TPSA) is 81.4 Å². The van der Waals surface area contributed by atoms with E-state index in [1.807, 2.05) is 24.3 Å². The van der Waals surface area contributed by atoms with E-state index in [1.165, 1.54) is 5.56 Å².